The summed E-state index contributed by atoms with van der Waals surface area (Å²) in [6, 6.07) is 8.38. The van der Waals surface area contributed by atoms with Gasteiger partial charge in [-0.15, -0.1) is 24.0 Å². The minimum absolute atomic E-state index is 0. The molecular weight excluding hydrogens is 515 g/mol. The molecule has 1 aromatic carbocycles. The molecule has 0 aliphatic carbocycles. The summed E-state index contributed by atoms with van der Waals surface area (Å²) in [6.45, 7) is 9.34. The molecule has 0 aromatic heterocycles. The van der Waals surface area contributed by atoms with E-state index in [1.54, 1.807) is 7.11 Å². The minimum Gasteiger partial charge on any atom is -0.495 e. The van der Waals surface area contributed by atoms with Crippen molar-refractivity contribution in [1.82, 2.24) is 10.6 Å². The molecular formula is C21H37IN4O3S. The molecule has 0 amide bonds. The topological polar surface area (TPSA) is 83.0 Å². The molecule has 1 saturated heterocycles. The first-order chi connectivity index (χ1) is 13.6. The number of aliphatic imine (C=N–C) groups is 1. The van der Waals surface area contributed by atoms with Crippen molar-refractivity contribution in [2.45, 2.75) is 39.7 Å². The molecule has 1 aliphatic rings. The summed E-state index contributed by atoms with van der Waals surface area (Å²) in [6.07, 6.45) is 2.89. The second kappa shape index (κ2) is 12.0. The van der Waals surface area contributed by atoms with E-state index in [9.17, 15) is 8.42 Å². The fraction of sp³-hybridized carbons (Fsp3) is 0.667. The minimum atomic E-state index is -2.96. The van der Waals surface area contributed by atoms with Crippen LogP contribution in [-0.4, -0.2) is 65.7 Å². The van der Waals surface area contributed by atoms with Crippen molar-refractivity contribution in [2.24, 2.45) is 10.4 Å². The Morgan fingerprint density at radius 1 is 1.33 bits per heavy atom. The van der Waals surface area contributed by atoms with Crippen LogP contribution in [0.4, 0.5) is 5.69 Å². The highest BCUT2D eigenvalue weighted by atomic mass is 127. The monoisotopic (exact) mass is 552 g/mol. The Kier molecular flexibility index (Phi) is 10.7. The molecule has 30 heavy (non-hydrogen) atoms. The van der Waals surface area contributed by atoms with E-state index in [1.165, 1.54) is 6.26 Å². The van der Waals surface area contributed by atoms with Crippen LogP contribution in [0.15, 0.2) is 29.3 Å². The largest absolute Gasteiger partial charge is 0.495 e. The number of halogens is 1. The number of nitrogens with one attached hydrogen (secondary N) is 2. The lowest BCUT2D eigenvalue weighted by Crippen LogP contribution is -2.45. The van der Waals surface area contributed by atoms with Crippen molar-refractivity contribution in [3.63, 3.8) is 0 Å². The molecule has 1 aromatic rings. The van der Waals surface area contributed by atoms with Crippen molar-refractivity contribution in [2.75, 3.05) is 50.2 Å². The van der Waals surface area contributed by atoms with Gasteiger partial charge in [-0.25, -0.2) is 8.42 Å². The lowest BCUT2D eigenvalue weighted by molar-refractivity contribution is 0.365. The summed E-state index contributed by atoms with van der Waals surface area (Å²) in [5.74, 6) is 1.86. The smallest absolute Gasteiger partial charge is 0.191 e. The van der Waals surface area contributed by atoms with Crippen molar-refractivity contribution >= 4 is 45.5 Å². The standard InChI is InChI=1S/C21H36N4O3S.HI/c1-6-22-20(23-16-21(2,3)12-14-29(5,26)27)24-17-11-13-25(15-17)18-9-7-8-10-19(18)28-4;/h7-10,17H,6,11-16H2,1-5H3,(H2,22,23,24);1H. The number of methoxy groups -OCH3 is 1. The quantitative estimate of drug-likeness (QED) is 0.279. The molecule has 1 heterocycles. The number of sulfone groups is 1. The fourth-order valence-corrected chi connectivity index (χ4v) is 4.26. The van der Waals surface area contributed by atoms with Crippen LogP contribution in [0.1, 0.15) is 33.6 Å². The highest BCUT2D eigenvalue weighted by Gasteiger charge is 2.26. The lowest BCUT2D eigenvalue weighted by Gasteiger charge is -2.24. The molecule has 9 heteroatoms. The van der Waals surface area contributed by atoms with Gasteiger partial charge in [0.15, 0.2) is 5.96 Å². The van der Waals surface area contributed by atoms with E-state index in [0.717, 1.165) is 43.5 Å². The van der Waals surface area contributed by atoms with Crippen LogP contribution in [0.3, 0.4) is 0 Å². The molecule has 0 saturated carbocycles. The summed E-state index contributed by atoms with van der Waals surface area (Å²) >= 11 is 0. The third-order valence-corrected chi connectivity index (χ3v) is 6.06. The molecule has 2 rings (SSSR count). The maximum atomic E-state index is 11.5. The van der Waals surface area contributed by atoms with Gasteiger partial charge in [0.1, 0.15) is 15.6 Å². The average Bonchev–Trinajstić information content (AvgIpc) is 3.13. The molecule has 0 bridgehead atoms. The normalized spacial score (nSPS) is 17.4. The van der Waals surface area contributed by atoms with Gasteiger partial charge in [0.25, 0.3) is 0 Å². The van der Waals surface area contributed by atoms with E-state index in [1.807, 2.05) is 25.1 Å². The van der Waals surface area contributed by atoms with Gasteiger partial charge in [-0.2, -0.15) is 0 Å². The van der Waals surface area contributed by atoms with Gasteiger partial charge >= 0.3 is 0 Å². The number of anilines is 1. The number of hydrogen-bond acceptors (Lipinski definition) is 5. The predicted molar refractivity (Wildman–Crippen MR) is 136 cm³/mol. The van der Waals surface area contributed by atoms with Crippen LogP contribution in [0.5, 0.6) is 5.75 Å². The molecule has 2 N–H and O–H groups in total. The van der Waals surface area contributed by atoms with Crippen LogP contribution in [0.2, 0.25) is 0 Å². The highest BCUT2D eigenvalue weighted by Crippen LogP contribution is 2.30. The van der Waals surface area contributed by atoms with Crippen LogP contribution in [0, 0.1) is 5.41 Å². The first-order valence-corrected chi connectivity index (χ1v) is 12.3. The zero-order chi connectivity index (χ0) is 21.5. The molecule has 0 spiro atoms. The average molecular weight is 553 g/mol. The summed E-state index contributed by atoms with van der Waals surface area (Å²) in [4.78, 5) is 7.07. The lowest BCUT2D eigenvalue weighted by atomic mass is 9.90. The first kappa shape index (κ1) is 26.8. The fourth-order valence-electron chi connectivity index (χ4n) is 3.34. The van der Waals surface area contributed by atoms with Gasteiger partial charge in [0, 0.05) is 38.5 Å². The van der Waals surface area contributed by atoms with Gasteiger partial charge in [-0.1, -0.05) is 26.0 Å². The highest BCUT2D eigenvalue weighted by molar-refractivity contribution is 14.0. The molecule has 1 atom stereocenters. The van der Waals surface area contributed by atoms with Gasteiger partial charge < -0.3 is 20.3 Å². The van der Waals surface area contributed by atoms with Crippen molar-refractivity contribution < 1.29 is 13.2 Å². The van der Waals surface area contributed by atoms with Crippen molar-refractivity contribution in [3.05, 3.63) is 24.3 Å². The second-order valence-corrected chi connectivity index (χ2v) is 10.7. The van der Waals surface area contributed by atoms with E-state index in [0.29, 0.717) is 13.0 Å². The zero-order valence-corrected chi connectivity index (χ0v) is 21.9. The van der Waals surface area contributed by atoms with Gasteiger partial charge in [-0.3, -0.25) is 4.99 Å². The van der Waals surface area contributed by atoms with E-state index < -0.39 is 9.84 Å². The number of ether oxygens (including phenoxy) is 1. The number of nitrogens with zero attached hydrogens (tertiary/aromatic N) is 2. The van der Waals surface area contributed by atoms with Gasteiger partial charge in [0.2, 0.25) is 0 Å². The maximum absolute atomic E-state index is 11.5. The van der Waals surface area contributed by atoms with Crippen LogP contribution in [0.25, 0.3) is 0 Å². The SMILES string of the molecule is CCNC(=NCC(C)(C)CCS(C)(=O)=O)NC1CCN(c2ccccc2OC)C1.I. The Balaban J connectivity index is 0.00000450. The molecule has 7 nitrogen and oxygen atoms in total. The number of guanidine groups is 1. The molecule has 1 fully saturated rings. The molecule has 0 radical (unpaired) electrons. The Hall–Kier alpha value is -1.23. The maximum Gasteiger partial charge on any atom is 0.191 e. The Labute approximate surface area is 199 Å². The summed E-state index contributed by atoms with van der Waals surface area (Å²) in [5, 5.41) is 6.85. The molecule has 1 unspecified atom stereocenters. The van der Waals surface area contributed by atoms with E-state index in [2.05, 4.69) is 35.4 Å². The third kappa shape index (κ3) is 8.87. The van der Waals surface area contributed by atoms with Crippen molar-refractivity contribution in [1.29, 1.82) is 0 Å². The first-order valence-electron chi connectivity index (χ1n) is 10.2. The van der Waals surface area contributed by atoms with E-state index in [-0.39, 0.29) is 41.2 Å². The van der Waals surface area contributed by atoms with E-state index in [4.69, 9.17) is 9.73 Å². The number of para-hydroxylation sites is 2. The Morgan fingerprint density at radius 3 is 2.67 bits per heavy atom. The molecule has 172 valence electrons. The van der Waals surface area contributed by atoms with Crippen molar-refractivity contribution in [3.8, 4) is 5.75 Å². The Morgan fingerprint density at radius 2 is 2.03 bits per heavy atom. The Bertz CT molecular complexity index is 799. The summed E-state index contributed by atoms with van der Waals surface area (Å²) in [7, 11) is -1.26. The zero-order valence-electron chi connectivity index (χ0n) is 18.8. The number of rotatable bonds is 9. The van der Waals surface area contributed by atoms with Gasteiger partial charge in [0.05, 0.1) is 18.6 Å². The predicted octanol–water partition coefficient (Wildman–Crippen LogP) is 2.91. The number of benzene rings is 1. The summed E-state index contributed by atoms with van der Waals surface area (Å²) in [5.41, 5.74) is 0.938. The van der Waals surface area contributed by atoms with E-state index >= 15 is 0 Å². The number of hydrogen-bond donors (Lipinski definition) is 2. The summed E-state index contributed by atoms with van der Waals surface area (Å²) < 4.78 is 28.4. The van der Waals surface area contributed by atoms with Crippen LogP contribution in [-0.2, 0) is 9.84 Å². The van der Waals surface area contributed by atoms with Crippen LogP contribution < -0.4 is 20.3 Å². The third-order valence-electron chi connectivity index (χ3n) is 5.11. The second-order valence-electron chi connectivity index (χ2n) is 8.49. The molecule has 1 aliphatic heterocycles. The van der Waals surface area contributed by atoms with Gasteiger partial charge in [-0.05, 0) is 37.3 Å². The van der Waals surface area contributed by atoms with Crippen LogP contribution >= 0.6 is 24.0 Å².